The molecule has 2 nitrogen and oxygen atoms in total. The van der Waals surface area contributed by atoms with Crippen molar-refractivity contribution in [3.8, 4) is 0 Å². The van der Waals surface area contributed by atoms with Crippen LogP contribution in [0.25, 0.3) is 5.57 Å². The Morgan fingerprint density at radius 1 is 1.00 bits per heavy atom. The first-order valence-corrected chi connectivity index (χ1v) is 9.09. The highest BCUT2D eigenvalue weighted by Crippen LogP contribution is 2.28. The molecule has 1 rings (SSSR count). The first kappa shape index (κ1) is 27.0. The highest BCUT2D eigenvalue weighted by atomic mass is 15.0. The Morgan fingerprint density at radius 2 is 1.50 bits per heavy atom. The summed E-state index contributed by atoms with van der Waals surface area (Å²) >= 11 is 0. The fraction of sp³-hybridized carbons (Fsp3) is 0.500. The van der Waals surface area contributed by atoms with Gasteiger partial charge in [0.15, 0.2) is 0 Å². The van der Waals surface area contributed by atoms with Crippen LogP contribution in [0.5, 0.6) is 0 Å². The summed E-state index contributed by atoms with van der Waals surface area (Å²) in [6.45, 7) is 22.0. The average molecular weight is 333 g/mol. The normalized spacial score (nSPS) is 10.1. The molecule has 0 unspecified atom stereocenters. The van der Waals surface area contributed by atoms with Crippen LogP contribution in [0.4, 0.5) is 0 Å². The molecule has 0 bridgehead atoms. The summed E-state index contributed by atoms with van der Waals surface area (Å²) in [5, 5.41) is 0. The summed E-state index contributed by atoms with van der Waals surface area (Å²) < 4.78 is 0. The first-order valence-electron chi connectivity index (χ1n) is 9.09. The van der Waals surface area contributed by atoms with Gasteiger partial charge in [0.05, 0.1) is 5.70 Å². The number of aryl methyl sites for hydroxylation is 1. The molecule has 0 aliphatic rings. The van der Waals surface area contributed by atoms with Crippen LogP contribution in [0.1, 0.15) is 65.2 Å². The van der Waals surface area contributed by atoms with Crippen molar-refractivity contribution in [2.45, 2.75) is 62.3 Å². The number of hydrogen-bond donors (Lipinski definition) is 0. The lowest BCUT2D eigenvalue weighted by Crippen LogP contribution is -2.04. The van der Waals surface area contributed by atoms with Gasteiger partial charge in [-0.3, -0.25) is 4.99 Å². The van der Waals surface area contributed by atoms with E-state index in [1.807, 2.05) is 73.7 Å². The Morgan fingerprint density at radius 3 is 1.88 bits per heavy atom. The van der Waals surface area contributed by atoms with Crippen LogP contribution in [-0.4, -0.2) is 25.7 Å². The van der Waals surface area contributed by atoms with E-state index in [1.165, 1.54) is 16.7 Å². The molecule has 0 aliphatic carbocycles. The van der Waals surface area contributed by atoms with E-state index in [4.69, 9.17) is 0 Å². The molecule has 0 saturated carbocycles. The minimum absolute atomic E-state index is 0.899. The first-order chi connectivity index (χ1) is 11.5. The molecule has 1 aromatic carbocycles. The van der Waals surface area contributed by atoms with Crippen molar-refractivity contribution in [2.75, 3.05) is 14.1 Å². The van der Waals surface area contributed by atoms with Gasteiger partial charge >= 0.3 is 0 Å². The van der Waals surface area contributed by atoms with Gasteiger partial charge in [-0.2, -0.15) is 0 Å². The van der Waals surface area contributed by atoms with E-state index < -0.39 is 0 Å². The highest BCUT2D eigenvalue weighted by Gasteiger charge is 2.10. The second-order valence-corrected chi connectivity index (χ2v) is 4.59. The maximum Gasteiger partial charge on any atom is 0.0855 e. The Bertz CT molecular complexity index is 495. The van der Waals surface area contributed by atoms with Crippen molar-refractivity contribution in [1.29, 1.82) is 0 Å². The van der Waals surface area contributed by atoms with Gasteiger partial charge in [0, 0.05) is 25.9 Å². The number of aliphatic imine (C=N–C) groups is 1. The van der Waals surface area contributed by atoms with Crippen LogP contribution < -0.4 is 0 Å². The molecular weight excluding hydrogens is 292 g/mol. The summed E-state index contributed by atoms with van der Waals surface area (Å²) in [4.78, 5) is 6.13. The summed E-state index contributed by atoms with van der Waals surface area (Å²) in [5.74, 6) is 0. The lowest BCUT2D eigenvalue weighted by molar-refractivity contribution is 0.560. The van der Waals surface area contributed by atoms with E-state index in [0.717, 1.165) is 11.3 Å². The van der Waals surface area contributed by atoms with Crippen molar-refractivity contribution in [3.63, 3.8) is 0 Å². The standard InChI is InChI=1S/C16H22N2.3C2H6/c1-7-14(16(17-4)11-18(5)6)15-10-8-9-12(2)13(15)3;3*1-2/h7-11H,4H2,1-3,5-6H3;3*1-2H3/b14-7-,16-11-;;;. The van der Waals surface area contributed by atoms with E-state index in [9.17, 15) is 0 Å². The number of rotatable bonds is 4. The monoisotopic (exact) mass is 332 g/mol. The van der Waals surface area contributed by atoms with Crippen molar-refractivity contribution in [3.05, 3.63) is 52.9 Å². The van der Waals surface area contributed by atoms with E-state index in [-0.39, 0.29) is 0 Å². The molecule has 24 heavy (non-hydrogen) atoms. The molecule has 0 atom stereocenters. The third kappa shape index (κ3) is 9.34. The molecule has 138 valence electrons. The smallest absolute Gasteiger partial charge is 0.0855 e. The molecule has 2 heteroatoms. The van der Waals surface area contributed by atoms with Crippen LogP contribution in [0.2, 0.25) is 0 Å². The SMILES string of the molecule is C=NC(=C\N(C)C)/C(=C\C)c1cccc(C)c1C.CC.CC.CC. The second-order valence-electron chi connectivity index (χ2n) is 4.59. The van der Waals surface area contributed by atoms with Gasteiger partial charge in [-0.05, 0) is 44.2 Å². The number of allylic oxidation sites excluding steroid dienone is 2. The molecule has 0 fully saturated rings. The quantitative estimate of drug-likeness (QED) is 0.433. The van der Waals surface area contributed by atoms with Gasteiger partial charge in [0.2, 0.25) is 0 Å². The van der Waals surface area contributed by atoms with Crippen molar-refractivity contribution < 1.29 is 0 Å². The van der Waals surface area contributed by atoms with Crippen LogP contribution in [0.3, 0.4) is 0 Å². The molecule has 0 radical (unpaired) electrons. The topological polar surface area (TPSA) is 15.6 Å². The van der Waals surface area contributed by atoms with E-state index in [1.54, 1.807) is 0 Å². The molecule has 0 amide bonds. The summed E-state index contributed by atoms with van der Waals surface area (Å²) in [5.41, 5.74) is 5.83. The van der Waals surface area contributed by atoms with Crippen LogP contribution in [-0.2, 0) is 0 Å². The van der Waals surface area contributed by atoms with Gasteiger partial charge in [-0.25, -0.2) is 0 Å². The van der Waals surface area contributed by atoms with E-state index >= 15 is 0 Å². The minimum Gasteiger partial charge on any atom is -0.382 e. The van der Waals surface area contributed by atoms with Crippen LogP contribution in [0, 0.1) is 13.8 Å². The van der Waals surface area contributed by atoms with Crippen LogP contribution >= 0.6 is 0 Å². The zero-order valence-corrected chi connectivity index (χ0v) is 18.0. The molecule has 0 N–H and O–H groups in total. The van der Waals surface area contributed by atoms with Gasteiger partial charge in [0.1, 0.15) is 0 Å². The lowest BCUT2D eigenvalue weighted by atomic mass is 9.95. The zero-order chi connectivity index (χ0) is 19.7. The largest absolute Gasteiger partial charge is 0.382 e. The van der Waals surface area contributed by atoms with Crippen molar-refractivity contribution in [1.82, 2.24) is 4.90 Å². The third-order valence-corrected chi connectivity index (χ3v) is 3.01. The summed E-state index contributed by atoms with van der Waals surface area (Å²) in [7, 11) is 3.98. The molecule has 0 spiro atoms. The van der Waals surface area contributed by atoms with Gasteiger partial charge in [-0.15, -0.1) is 0 Å². The predicted molar refractivity (Wildman–Crippen MR) is 115 cm³/mol. The summed E-state index contributed by atoms with van der Waals surface area (Å²) in [6.07, 6.45) is 4.08. The number of nitrogens with zero attached hydrogens (tertiary/aromatic N) is 2. The molecule has 0 saturated heterocycles. The number of benzene rings is 1. The number of hydrogen-bond acceptors (Lipinski definition) is 2. The van der Waals surface area contributed by atoms with Gasteiger partial charge in [-0.1, -0.05) is 65.8 Å². The molecule has 0 aliphatic heterocycles. The third-order valence-electron chi connectivity index (χ3n) is 3.01. The predicted octanol–water partition coefficient (Wildman–Crippen LogP) is 6.89. The Hall–Kier alpha value is -1.83. The zero-order valence-electron chi connectivity index (χ0n) is 18.0. The second kappa shape index (κ2) is 17.5. The lowest BCUT2D eigenvalue weighted by Gasteiger charge is -2.15. The Labute approximate surface area is 152 Å². The van der Waals surface area contributed by atoms with Crippen LogP contribution in [0.15, 0.2) is 41.2 Å². The van der Waals surface area contributed by atoms with Crippen molar-refractivity contribution in [2.24, 2.45) is 4.99 Å². The van der Waals surface area contributed by atoms with Gasteiger partial charge < -0.3 is 4.90 Å². The maximum absolute atomic E-state index is 4.15. The molecular formula is C22H40N2. The Kier molecular flexibility index (Phi) is 19.7. The van der Waals surface area contributed by atoms with Gasteiger partial charge in [0.25, 0.3) is 0 Å². The molecule has 1 aromatic rings. The molecule has 0 aromatic heterocycles. The highest BCUT2D eigenvalue weighted by molar-refractivity contribution is 5.81. The minimum atomic E-state index is 0.899. The maximum atomic E-state index is 4.15. The van der Waals surface area contributed by atoms with Crippen molar-refractivity contribution >= 4 is 12.3 Å². The fourth-order valence-corrected chi connectivity index (χ4v) is 1.92. The van der Waals surface area contributed by atoms with E-state index in [0.29, 0.717) is 0 Å². The average Bonchev–Trinajstić information content (AvgIpc) is 2.63. The molecule has 0 heterocycles. The van der Waals surface area contributed by atoms with E-state index in [2.05, 4.69) is 49.8 Å². The Balaban J connectivity index is -0.000000659. The summed E-state index contributed by atoms with van der Waals surface area (Å²) in [6, 6.07) is 6.34. The fourth-order valence-electron chi connectivity index (χ4n) is 1.92.